The molecule has 0 radical (unpaired) electrons. The smallest absolute Gasteiger partial charge is 0.221 e. The molecule has 1 rings (SSSR count). The number of aliphatic imine (C=N–C) groups is 1. The molecule has 0 fully saturated rings. The van der Waals surface area contributed by atoms with Crippen LogP contribution in [0.5, 0.6) is 0 Å². The zero-order chi connectivity index (χ0) is 17.8. The Morgan fingerprint density at radius 2 is 1.72 bits per heavy atom. The van der Waals surface area contributed by atoms with Crippen LogP contribution in [0.4, 0.5) is 0 Å². The molecule has 0 aromatic heterocycles. The van der Waals surface area contributed by atoms with Crippen molar-refractivity contribution in [3.8, 4) is 0 Å². The molecule has 0 spiro atoms. The van der Waals surface area contributed by atoms with Gasteiger partial charge < -0.3 is 16.0 Å². The maximum atomic E-state index is 11.6. The number of guanidine groups is 1. The van der Waals surface area contributed by atoms with Crippen LogP contribution in [0.15, 0.2) is 35.3 Å². The Bertz CT molecular complexity index is 517. The zero-order valence-electron chi connectivity index (χ0n) is 15.9. The molecule has 0 aliphatic rings. The van der Waals surface area contributed by atoms with Crippen molar-refractivity contribution in [3.05, 3.63) is 35.9 Å². The normalized spacial score (nSPS) is 11.4. The van der Waals surface area contributed by atoms with Gasteiger partial charge in [-0.3, -0.25) is 9.79 Å². The van der Waals surface area contributed by atoms with Gasteiger partial charge in [0.15, 0.2) is 5.96 Å². The topological polar surface area (TPSA) is 65.5 Å². The van der Waals surface area contributed by atoms with Crippen LogP contribution in [0.2, 0.25) is 0 Å². The van der Waals surface area contributed by atoms with Gasteiger partial charge in [0.25, 0.3) is 0 Å². The number of nitrogens with one attached hydrogen (secondary N) is 3. The van der Waals surface area contributed by atoms with E-state index in [-0.39, 0.29) is 35.3 Å². The molecule has 142 valence electrons. The number of nitrogens with zero attached hydrogens (tertiary/aromatic N) is 1. The number of carbonyl (C=O) groups is 1. The SMILES string of the molecule is CCCNC(=O)CCNC(=NCC(C)(C)c1ccccc1)NCC.I. The lowest BCUT2D eigenvalue weighted by Gasteiger charge is -2.23. The van der Waals surface area contributed by atoms with Crippen molar-refractivity contribution < 1.29 is 4.79 Å². The number of benzene rings is 1. The van der Waals surface area contributed by atoms with Gasteiger partial charge in [-0.25, -0.2) is 0 Å². The van der Waals surface area contributed by atoms with Gasteiger partial charge in [0.1, 0.15) is 0 Å². The number of hydrogen-bond donors (Lipinski definition) is 3. The van der Waals surface area contributed by atoms with Crippen molar-refractivity contribution in [2.75, 3.05) is 26.2 Å². The molecule has 0 saturated heterocycles. The van der Waals surface area contributed by atoms with E-state index in [4.69, 9.17) is 0 Å². The molecule has 25 heavy (non-hydrogen) atoms. The summed E-state index contributed by atoms with van der Waals surface area (Å²) in [7, 11) is 0. The molecular weight excluding hydrogens is 427 g/mol. The fourth-order valence-corrected chi connectivity index (χ4v) is 2.25. The summed E-state index contributed by atoms with van der Waals surface area (Å²) in [6.45, 7) is 11.2. The van der Waals surface area contributed by atoms with Crippen LogP contribution in [0.1, 0.15) is 46.1 Å². The molecule has 3 N–H and O–H groups in total. The average molecular weight is 460 g/mol. The maximum Gasteiger partial charge on any atom is 0.221 e. The quantitative estimate of drug-likeness (QED) is 0.302. The minimum absolute atomic E-state index is 0. The number of halogens is 1. The van der Waals surface area contributed by atoms with E-state index >= 15 is 0 Å². The molecule has 1 aromatic rings. The van der Waals surface area contributed by atoms with Crippen LogP contribution >= 0.6 is 24.0 Å². The summed E-state index contributed by atoms with van der Waals surface area (Å²) in [5, 5.41) is 9.34. The first-order valence-corrected chi connectivity index (χ1v) is 8.84. The van der Waals surface area contributed by atoms with Crippen LogP contribution < -0.4 is 16.0 Å². The molecule has 6 heteroatoms. The average Bonchev–Trinajstić information content (AvgIpc) is 2.58. The van der Waals surface area contributed by atoms with Gasteiger partial charge in [-0.15, -0.1) is 24.0 Å². The maximum absolute atomic E-state index is 11.6. The first-order valence-electron chi connectivity index (χ1n) is 8.84. The van der Waals surface area contributed by atoms with Crippen molar-refractivity contribution >= 4 is 35.8 Å². The van der Waals surface area contributed by atoms with Crippen LogP contribution in [-0.2, 0) is 10.2 Å². The number of carbonyl (C=O) groups excluding carboxylic acids is 1. The minimum atomic E-state index is -0.0396. The molecule has 0 saturated carbocycles. The molecule has 0 aliphatic carbocycles. The Balaban J connectivity index is 0.00000576. The van der Waals surface area contributed by atoms with E-state index in [0.29, 0.717) is 19.5 Å². The van der Waals surface area contributed by atoms with Gasteiger partial charge in [0.2, 0.25) is 5.91 Å². The number of rotatable bonds is 9. The Kier molecular flexibility index (Phi) is 12.3. The summed E-state index contributed by atoms with van der Waals surface area (Å²) in [4.78, 5) is 16.3. The molecular formula is C19H33IN4O. The largest absolute Gasteiger partial charge is 0.357 e. The molecule has 5 nitrogen and oxygen atoms in total. The van der Waals surface area contributed by atoms with Crippen molar-refractivity contribution in [1.29, 1.82) is 0 Å². The van der Waals surface area contributed by atoms with Gasteiger partial charge in [-0.05, 0) is 18.9 Å². The predicted molar refractivity (Wildman–Crippen MR) is 117 cm³/mol. The number of amides is 1. The Morgan fingerprint density at radius 3 is 2.32 bits per heavy atom. The molecule has 0 heterocycles. The third-order valence-corrected chi connectivity index (χ3v) is 3.75. The van der Waals surface area contributed by atoms with Crippen molar-refractivity contribution in [2.24, 2.45) is 4.99 Å². The van der Waals surface area contributed by atoms with Gasteiger partial charge in [0, 0.05) is 31.5 Å². The van der Waals surface area contributed by atoms with E-state index in [9.17, 15) is 4.79 Å². The van der Waals surface area contributed by atoms with E-state index in [2.05, 4.69) is 59.1 Å². The highest BCUT2D eigenvalue weighted by Gasteiger charge is 2.20. The van der Waals surface area contributed by atoms with Crippen LogP contribution in [0.3, 0.4) is 0 Å². The zero-order valence-corrected chi connectivity index (χ0v) is 18.2. The molecule has 0 aliphatic heterocycles. The van der Waals surface area contributed by atoms with Crippen LogP contribution in [0, 0.1) is 0 Å². The van der Waals surface area contributed by atoms with Gasteiger partial charge >= 0.3 is 0 Å². The summed E-state index contributed by atoms with van der Waals surface area (Å²) in [6.07, 6.45) is 1.41. The molecule has 1 aromatic carbocycles. The van der Waals surface area contributed by atoms with Crippen molar-refractivity contribution in [1.82, 2.24) is 16.0 Å². The van der Waals surface area contributed by atoms with E-state index in [1.807, 2.05) is 19.9 Å². The second-order valence-corrected chi connectivity index (χ2v) is 6.47. The second kappa shape index (κ2) is 13.0. The monoisotopic (exact) mass is 460 g/mol. The highest BCUT2D eigenvalue weighted by Crippen LogP contribution is 2.22. The summed E-state index contributed by atoms with van der Waals surface area (Å²) in [5.41, 5.74) is 1.23. The summed E-state index contributed by atoms with van der Waals surface area (Å²) < 4.78 is 0. The summed E-state index contributed by atoms with van der Waals surface area (Å²) >= 11 is 0. The molecule has 0 atom stereocenters. The van der Waals surface area contributed by atoms with Gasteiger partial charge in [-0.2, -0.15) is 0 Å². The standard InChI is InChI=1S/C19H32N4O.HI/c1-5-13-21-17(24)12-14-22-18(20-6-2)23-15-19(3,4)16-10-8-7-9-11-16;/h7-11H,5-6,12-15H2,1-4H3,(H,21,24)(H2,20,22,23);1H. The van der Waals surface area contributed by atoms with Gasteiger partial charge in [-0.1, -0.05) is 51.1 Å². The lowest BCUT2D eigenvalue weighted by atomic mass is 9.85. The molecule has 0 unspecified atom stereocenters. The summed E-state index contributed by atoms with van der Waals surface area (Å²) in [5.74, 6) is 0.828. The fraction of sp³-hybridized carbons (Fsp3) is 0.579. The van der Waals surface area contributed by atoms with E-state index < -0.39 is 0 Å². The lowest BCUT2D eigenvalue weighted by molar-refractivity contribution is -0.120. The highest BCUT2D eigenvalue weighted by atomic mass is 127. The Labute approximate surface area is 169 Å². The fourth-order valence-electron chi connectivity index (χ4n) is 2.25. The van der Waals surface area contributed by atoms with Crippen LogP contribution in [0.25, 0.3) is 0 Å². The molecule has 0 bridgehead atoms. The summed E-state index contributed by atoms with van der Waals surface area (Å²) in [6, 6.07) is 10.4. The minimum Gasteiger partial charge on any atom is -0.357 e. The third kappa shape index (κ3) is 9.67. The lowest BCUT2D eigenvalue weighted by Crippen LogP contribution is -2.40. The van der Waals surface area contributed by atoms with Gasteiger partial charge in [0.05, 0.1) is 6.54 Å². The predicted octanol–water partition coefficient (Wildman–Crippen LogP) is 3.05. The Hall–Kier alpha value is -1.31. The van der Waals surface area contributed by atoms with Crippen LogP contribution in [-0.4, -0.2) is 38.0 Å². The first-order chi connectivity index (χ1) is 11.5. The van der Waals surface area contributed by atoms with E-state index in [1.165, 1.54) is 5.56 Å². The van der Waals surface area contributed by atoms with Crippen molar-refractivity contribution in [3.63, 3.8) is 0 Å². The second-order valence-electron chi connectivity index (χ2n) is 6.47. The van der Waals surface area contributed by atoms with E-state index in [0.717, 1.165) is 25.5 Å². The highest BCUT2D eigenvalue weighted by molar-refractivity contribution is 14.0. The van der Waals surface area contributed by atoms with Crippen molar-refractivity contribution in [2.45, 2.75) is 46.0 Å². The molecule has 1 amide bonds. The van der Waals surface area contributed by atoms with E-state index in [1.54, 1.807) is 0 Å². The Morgan fingerprint density at radius 1 is 1.04 bits per heavy atom. The third-order valence-electron chi connectivity index (χ3n) is 3.75. The first kappa shape index (κ1) is 23.7. The number of hydrogen-bond acceptors (Lipinski definition) is 2.